The second kappa shape index (κ2) is 4.97. The molecule has 96 valence electrons. The highest BCUT2D eigenvalue weighted by Crippen LogP contribution is 2.34. The predicted octanol–water partition coefficient (Wildman–Crippen LogP) is 1.63. The van der Waals surface area contributed by atoms with E-state index in [1.54, 1.807) is 0 Å². The molecule has 3 nitrogen and oxygen atoms in total. The van der Waals surface area contributed by atoms with E-state index in [4.69, 9.17) is 0 Å². The fourth-order valence-electron chi connectivity index (χ4n) is 2.80. The Kier molecular flexibility index (Phi) is 3.37. The Bertz CT molecular complexity index is 264. The first kappa shape index (κ1) is 11.5. The molecule has 2 saturated carbocycles. The second-order valence-corrected chi connectivity index (χ2v) is 6.17. The smallest absolute Gasteiger partial charge is 0.226 e. The molecule has 2 aliphatic carbocycles. The lowest BCUT2D eigenvalue weighted by Crippen LogP contribution is -2.44. The van der Waals surface area contributed by atoms with Crippen molar-refractivity contribution >= 4 is 5.91 Å². The zero-order valence-electron chi connectivity index (χ0n) is 10.7. The van der Waals surface area contributed by atoms with Gasteiger partial charge in [0.1, 0.15) is 0 Å². The van der Waals surface area contributed by atoms with Gasteiger partial charge in [0.2, 0.25) is 5.91 Å². The summed E-state index contributed by atoms with van der Waals surface area (Å²) in [6.45, 7) is 4.09. The van der Waals surface area contributed by atoms with Crippen LogP contribution in [0.4, 0.5) is 0 Å². The van der Waals surface area contributed by atoms with E-state index in [9.17, 15) is 4.79 Å². The van der Waals surface area contributed by atoms with Crippen molar-refractivity contribution in [1.82, 2.24) is 10.2 Å². The molecule has 3 rings (SSSR count). The van der Waals surface area contributed by atoms with Crippen LogP contribution in [-0.2, 0) is 4.79 Å². The van der Waals surface area contributed by atoms with E-state index < -0.39 is 0 Å². The summed E-state index contributed by atoms with van der Waals surface area (Å²) in [6.07, 6.45) is 7.64. The van der Waals surface area contributed by atoms with Crippen molar-refractivity contribution in [2.24, 2.45) is 17.8 Å². The Balaban J connectivity index is 1.56. The summed E-state index contributed by atoms with van der Waals surface area (Å²) < 4.78 is 0. The van der Waals surface area contributed by atoms with Crippen LogP contribution in [0.3, 0.4) is 0 Å². The van der Waals surface area contributed by atoms with Crippen LogP contribution in [0.2, 0.25) is 0 Å². The van der Waals surface area contributed by atoms with Crippen molar-refractivity contribution in [2.45, 2.75) is 38.5 Å². The summed E-state index contributed by atoms with van der Waals surface area (Å²) in [7, 11) is 0. The van der Waals surface area contributed by atoms with E-state index in [0.29, 0.717) is 5.91 Å². The Labute approximate surface area is 104 Å². The van der Waals surface area contributed by atoms with Crippen LogP contribution >= 0.6 is 0 Å². The third-order valence-corrected chi connectivity index (χ3v) is 4.31. The average molecular weight is 236 g/mol. The van der Waals surface area contributed by atoms with Crippen LogP contribution in [0, 0.1) is 17.8 Å². The Morgan fingerprint density at radius 3 is 2.18 bits per heavy atom. The van der Waals surface area contributed by atoms with E-state index in [1.807, 2.05) is 0 Å². The molecule has 0 spiro atoms. The molecule has 1 heterocycles. The predicted molar refractivity (Wildman–Crippen MR) is 67.6 cm³/mol. The van der Waals surface area contributed by atoms with Crippen LogP contribution in [-0.4, -0.2) is 37.0 Å². The van der Waals surface area contributed by atoms with Gasteiger partial charge in [0, 0.05) is 19.6 Å². The van der Waals surface area contributed by atoms with Gasteiger partial charge >= 0.3 is 0 Å². The number of nitrogens with zero attached hydrogens (tertiary/aromatic N) is 1. The van der Waals surface area contributed by atoms with E-state index in [0.717, 1.165) is 50.9 Å². The molecule has 0 radical (unpaired) electrons. The first-order valence-electron chi connectivity index (χ1n) is 7.32. The lowest BCUT2D eigenvalue weighted by molar-refractivity contribution is -0.136. The standard InChI is InChI=1S/C14H24N2O/c17-14(13-2-1-7-15-8-13)16(9-11-3-4-11)10-12-5-6-12/h11-13,15H,1-10H2. The van der Waals surface area contributed by atoms with Crippen molar-refractivity contribution in [3.63, 3.8) is 0 Å². The van der Waals surface area contributed by atoms with Gasteiger partial charge in [-0.2, -0.15) is 0 Å². The van der Waals surface area contributed by atoms with Crippen LogP contribution in [0.5, 0.6) is 0 Å². The van der Waals surface area contributed by atoms with Gasteiger partial charge in [-0.3, -0.25) is 4.79 Å². The van der Waals surface area contributed by atoms with E-state index in [2.05, 4.69) is 10.2 Å². The minimum absolute atomic E-state index is 0.265. The normalized spacial score (nSPS) is 29.1. The number of hydrogen-bond donors (Lipinski definition) is 1. The molecule has 3 fully saturated rings. The number of rotatable bonds is 5. The monoisotopic (exact) mass is 236 g/mol. The fourth-order valence-corrected chi connectivity index (χ4v) is 2.80. The highest BCUT2D eigenvalue weighted by Gasteiger charge is 2.34. The maximum absolute atomic E-state index is 12.5. The van der Waals surface area contributed by atoms with Gasteiger partial charge in [-0.05, 0) is 56.9 Å². The van der Waals surface area contributed by atoms with E-state index >= 15 is 0 Å². The van der Waals surface area contributed by atoms with Gasteiger partial charge in [-0.15, -0.1) is 0 Å². The zero-order chi connectivity index (χ0) is 11.7. The first-order chi connectivity index (χ1) is 8.33. The fraction of sp³-hybridized carbons (Fsp3) is 0.929. The minimum atomic E-state index is 0.265. The molecular formula is C14H24N2O. The molecule has 0 bridgehead atoms. The van der Waals surface area contributed by atoms with Crippen molar-refractivity contribution in [1.29, 1.82) is 0 Å². The molecule has 1 aliphatic heterocycles. The van der Waals surface area contributed by atoms with Gasteiger partial charge in [0.05, 0.1) is 5.92 Å². The zero-order valence-corrected chi connectivity index (χ0v) is 10.7. The maximum atomic E-state index is 12.5. The summed E-state index contributed by atoms with van der Waals surface area (Å²) in [4.78, 5) is 14.7. The lowest BCUT2D eigenvalue weighted by Gasteiger charge is -2.30. The van der Waals surface area contributed by atoms with E-state index in [1.165, 1.54) is 25.7 Å². The van der Waals surface area contributed by atoms with Crippen LogP contribution in [0.15, 0.2) is 0 Å². The topological polar surface area (TPSA) is 32.3 Å². The Morgan fingerprint density at radius 1 is 1.06 bits per heavy atom. The molecule has 1 saturated heterocycles. The molecule has 3 aliphatic rings. The van der Waals surface area contributed by atoms with Gasteiger partial charge in [0.15, 0.2) is 0 Å². The Hall–Kier alpha value is -0.570. The number of hydrogen-bond acceptors (Lipinski definition) is 2. The van der Waals surface area contributed by atoms with E-state index in [-0.39, 0.29) is 5.92 Å². The average Bonchev–Trinajstić information content (AvgIpc) is 3.23. The molecule has 0 aromatic rings. The number of amides is 1. The highest BCUT2D eigenvalue weighted by atomic mass is 16.2. The maximum Gasteiger partial charge on any atom is 0.226 e. The number of carbonyl (C=O) groups is 1. The molecule has 1 unspecified atom stereocenters. The van der Waals surface area contributed by atoms with Crippen molar-refractivity contribution < 1.29 is 4.79 Å². The third kappa shape index (κ3) is 3.21. The number of carbonyl (C=O) groups excluding carboxylic acids is 1. The van der Waals surface area contributed by atoms with Gasteiger partial charge < -0.3 is 10.2 Å². The van der Waals surface area contributed by atoms with Crippen LogP contribution < -0.4 is 5.32 Å². The lowest BCUT2D eigenvalue weighted by atomic mass is 9.98. The largest absolute Gasteiger partial charge is 0.342 e. The summed E-state index contributed by atoms with van der Waals surface area (Å²) in [5.74, 6) is 2.36. The number of nitrogens with one attached hydrogen (secondary N) is 1. The first-order valence-corrected chi connectivity index (χ1v) is 7.32. The van der Waals surface area contributed by atoms with Crippen LogP contribution in [0.25, 0.3) is 0 Å². The molecular weight excluding hydrogens is 212 g/mol. The highest BCUT2D eigenvalue weighted by molar-refractivity contribution is 5.79. The number of piperidine rings is 1. The van der Waals surface area contributed by atoms with Crippen molar-refractivity contribution in [2.75, 3.05) is 26.2 Å². The minimum Gasteiger partial charge on any atom is -0.342 e. The van der Waals surface area contributed by atoms with Gasteiger partial charge in [-0.1, -0.05) is 0 Å². The molecule has 1 atom stereocenters. The molecule has 17 heavy (non-hydrogen) atoms. The summed E-state index contributed by atoms with van der Waals surface area (Å²) in [5.41, 5.74) is 0. The molecule has 0 aromatic heterocycles. The van der Waals surface area contributed by atoms with Gasteiger partial charge in [0.25, 0.3) is 0 Å². The summed E-state index contributed by atoms with van der Waals surface area (Å²) in [5, 5.41) is 3.36. The molecule has 1 amide bonds. The van der Waals surface area contributed by atoms with Crippen molar-refractivity contribution in [3.05, 3.63) is 0 Å². The molecule has 0 aromatic carbocycles. The van der Waals surface area contributed by atoms with Crippen LogP contribution in [0.1, 0.15) is 38.5 Å². The molecule has 3 heteroatoms. The summed E-state index contributed by atoms with van der Waals surface area (Å²) in [6, 6.07) is 0. The summed E-state index contributed by atoms with van der Waals surface area (Å²) >= 11 is 0. The SMILES string of the molecule is O=C(C1CCCNC1)N(CC1CC1)CC1CC1. The van der Waals surface area contributed by atoms with Gasteiger partial charge in [-0.25, -0.2) is 0 Å². The quantitative estimate of drug-likeness (QED) is 0.787. The van der Waals surface area contributed by atoms with Crippen molar-refractivity contribution in [3.8, 4) is 0 Å². The third-order valence-electron chi connectivity index (χ3n) is 4.31. The second-order valence-electron chi connectivity index (χ2n) is 6.17. The Morgan fingerprint density at radius 2 is 1.71 bits per heavy atom. The molecule has 1 N–H and O–H groups in total.